The molecule has 0 saturated heterocycles. The summed E-state index contributed by atoms with van der Waals surface area (Å²) in [6, 6.07) is 17.5. The highest BCUT2D eigenvalue weighted by Gasteiger charge is 2.36. The fourth-order valence-corrected chi connectivity index (χ4v) is 3.62. The predicted octanol–water partition coefficient (Wildman–Crippen LogP) is 4.09. The largest absolute Gasteiger partial charge is 0.496 e. The van der Waals surface area contributed by atoms with E-state index >= 15 is 0 Å². The molecule has 2 heterocycles. The second-order valence-corrected chi connectivity index (χ2v) is 6.86. The minimum absolute atomic E-state index is 0.0438. The molecule has 152 valence electrons. The van der Waals surface area contributed by atoms with Crippen molar-refractivity contribution in [3.05, 3.63) is 71.1 Å². The van der Waals surface area contributed by atoms with E-state index in [1.165, 1.54) is 0 Å². The van der Waals surface area contributed by atoms with Crippen molar-refractivity contribution in [2.24, 2.45) is 5.73 Å². The third kappa shape index (κ3) is 3.33. The molecule has 0 fully saturated rings. The van der Waals surface area contributed by atoms with Crippen LogP contribution in [0.5, 0.6) is 17.4 Å². The smallest absolute Gasteiger partial charge is 0.244 e. The Morgan fingerprint density at radius 1 is 1.20 bits per heavy atom. The minimum Gasteiger partial charge on any atom is -0.496 e. The minimum atomic E-state index is -0.473. The van der Waals surface area contributed by atoms with E-state index in [0.717, 1.165) is 34.6 Å². The highest BCUT2D eigenvalue weighted by Crippen LogP contribution is 2.47. The molecule has 0 spiro atoms. The van der Waals surface area contributed by atoms with Gasteiger partial charge in [-0.05, 0) is 36.8 Å². The van der Waals surface area contributed by atoms with Crippen molar-refractivity contribution >= 4 is 0 Å². The van der Waals surface area contributed by atoms with Crippen LogP contribution in [-0.2, 0) is 0 Å². The summed E-state index contributed by atoms with van der Waals surface area (Å²) in [7, 11) is 1.60. The molecule has 4 rings (SSSR count). The molecule has 0 unspecified atom stereocenters. The van der Waals surface area contributed by atoms with Crippen molar-refractivity contribution in [2.45, 2.75) is 19.3 Å². The number of benzene rings is 2. The Morgan fingerprint density at radius 3 is 2.67 bits per heavy atom. The summed E-state index contributed by atoms with van der Waals surface area (Å²) in [4.78, 5) is 0. The number of nitrogens with zero attached hydrogens (tertiary/aromatic N) is 2. The van der Waals surface area contributed by atoms with E-state index in [-0.39, 0.29) is 5.88 Å². The highest BCUT2D eigenvalue weighted by atomic mass is 16.5. The number of rotatable bonds is 6. The second kappa shape index (κ2) is 8.21. The average Bonchev–Trinajstić information content (AvgIpc) is 3.20. The van der Waals surface area contributed by atoms with Crippen molar-refractivity contribution in [3.8, 4) is 34.7 Å². The maximum Gasteiger partial charge on any atom is 0.244 e. The molecule has 1 aliphatic heterocycles. The Morgan fingerprint density at radius 2 is 1.97 bits per heavy atom. The fraction of sp³-hybridized carbons (Fsp3) is 0.217. The zero-order valence-electron chi connectivity index (χ0n) is 16.8. The third-order valence-corrected chi connectivity index (χ3v) is 5.00. The molecule has 30 heavy (non-hydrogen) atoms. The molecule has 1 atom stereocenters. The number of hydrogen-bond donors (Lipinski definition) is 2. The number of nitriles is 1. The number of nitrogens with two attached hydrogens (primary N) is 1. The molecule has 0 saturated carbocycles. The van der Waals surface area contributed by atoms with Crippen molar-refractivity contribution in [1.82, 2.24) is 10.2 Å². The quantitative estimate of drug-likeness (QED) is 0.643. The molecule has 0 aliphatic carbocycles. The van der Waals surface area contributed by atoms with E-state index in [0.29, 0.717) is 23.8 Å². The Bertz CT molecular complexity index is 1130. The number of ether oxygens (including phenoxy) is 3. The number of allylic oxidation sites excluding steroid dienone is 1. The van der Waals surface area contributed by atoms with Gasteiger partial charge in [-0.3, -0.25) is 5.10 Å². The lowest BCUT2D eigenvalue weighted by Gasteiger charge is -2.25. The summed E-state index contributed by atoms with van der Waals surface area (Å²) in [6.45, 7) is 2.73. The van der Waals surface area contributed by atoms with Crippen LogP contribution in [0, 0.1) is 11.3 Å². The van der Waals surface area contributed by atoms with Gasteiger partial charge < -0.3 is 19.9 Å². The molecule has 7 nitrogen and oxygen atoms in total. The molecular formula is C23H22N4O3. The van der Waals surface area contributed by atoms with Crippen molar-refractivity contribution in [2.75, 3.05) is 13.7 Å². The molecule has 2 aromatic carbocycles. The number of nitrogens with one attached hydrogen (secondary N) is 1. The topological polar surface area (TPSA) is 106 Å². The predicted molar refractivity (Wildman–Crippen MR) is 112 cm³/mol. The van der Waals surface area contributed by atoms with E-state index < -0.39 is 5.92 Å². The second-order valence-electron chi connectivity index (χ2n) is 6.86. The van der Waals surface area contributed by atoms with Crippen LogP contribution in [0.3, 0.4) is 0 Å². The van der Waals surface area contributed by atoms with Gasteiger partial charge in [0.05, 0.1) is 30.9 Å². The number of fused-ring (bicyclic) bond motifs is 1. The lowest BCUT2D eigenvalue weighted by molar-refractivity contribution is 0.317. The van der Waals surface area contributed by atoms with Crippen LogP contribution in [-0.4, -0.2) is 23.9 Å². The van der Waals surface area contributed by atoms with Gasteiger partial charge in [-0.1, -0.05) is 25.1 Å². The monoisotopic (exact) mass is 402 g/mol. The van der Waals surface area contributed by atoms with E-state index in [4.69, 9.17) is 19.9 Å². The van der Waals surface area contributed by atoms with Crippen molar-refractivity contribution in [1.29, 1.82) is 5.26 Å². The van der Waals surface area contributed by atoms with Gasteiger partial charge in [-0.15, -0.1) is 5.10 Å². The van der Waals surface area contributed by atoms with E-state index in [2.05, 4.69) is 23.2 Å². The van der Waals surface area contributed by atoms with Crippen molar-refractivity contribution < 1.29 is 14.2 Å². The summed E-state index contributed by atoms with van der Waals surface area (Å²) in [5.74, 6) is 1.38. The van der Waals surface area contributed by atoms with E-state index in [1.807, 2.05) is 48.5 Å². The number of methoxy groups -OCH3 is 1. The molecular weight excluding hydrogens is 380 g/mol. The summed E-state index contributed by atoms with van der Waals surface area (Å²) in [5.41, 5.74) is 9.59. The van der Waals surface area contributed by atoms with Crippen LogP contribution in [0.4, 0.5) is 0 Å². The van der Waals surface area contributed by atoms with Crippen molar-refractivity contribution in [3.63, 3.8) is 0 Å². The first-order valence-electron chi connectivity index (χ1n) is 9.69. The summed E-state index contributed by atoms with van der Waals surface area (Å²) in [6.07, 6.45) is 0.943. The number of H-pyrrole nitrogens is 1. The standard InChI is InChI=1S/C23H22N4O3/c1-3-12-29-15-10-8-14(9-11-15)21-20-19(16-6-4-5-7-18(16)28-2)17(13-24)22(25)30-23(20)27-26-21/h4-11,19H,3,12,25H2,1-2H3,(H,26,27)/t19-/m1/s1. The zero-order valence-corrected chi connectivity index (χ0v) is 16.8. The molecule has 1 aromatic heterocycles. The van der Waals surface area contributed by atoms with Gasteiger partial charge >= 0.3 is 0 Å². The normalized spacial score (nSPS) is 15.2. The van der Waals surface area contributed by atoms with Crippen LogP contribution in [0.1, 0.15) is 30.4 Å². The number of aromatic nitrogens is 2. The third-order valence-electron chi connectivity index (χ3n) is 5.00. The van der Waals surface area contributed by atoms with Gasteiger partial charge in [0, 0.05) is 11.1 Å². The van der Waals surface area contributed by atoms with E-state index in [9.17, 15) is 5.26 Å². The Kier molecular flexibility index (Phi) is 5.31. The molecule has 3 aromatic rings. The molecule has 3 N–H and O–H groups in total. The number of aromatic amines is 1. The maximum atomic E-state index is 9.84. The van der Waals surface area contributed by atoms with Crippen LogP contribution < -0.4 is 19.9 Å². The SMILES string of the molecule is CCCOc1ccc(-c2[nH]nc3c2[C@H](c2ccccc2OC)C(C#N)=C(N)O3)cc1. The van der Waals surface area contributed by atoms with E-state index in [1.54, 1.807) is 7.11 Å². The Balaban J connectivity index is 1.84. The first-order valence-corrected chi connectivity index (χ1v) is 9.69. The maximum absolute atomic E-state index is 9.84. The molecule has 0 bridgehead atoms. The van der Waals surface area contributed by atoms with Gasteiger partial charge in [0.25, 0.3) is 0 Å². The van der Waals surface area contributed by atoms with Gasteiger partial charge in [0.2, 0.25) is 11.8 Å². The zero-order chi connectivity index (χ0) is 21.1. The summed E-state index contributed by atoms with van der Waals surface area (Å²) in [5, 5.41) is 17.2. The number of hydrogen-bond acceptors (Lipinski definition) is 6. The van der Waals surface area contributed by atoms with Gasteiger partial charge in [0.15, 0.2) is 0 Å². The summed E-state index contributed by atoms with van der Waals surface area (Å²) < 4.78 is 16.9. The molecule has 0 radical (unpaired) electrons. The Labute approximate surface area is 174 Å². The average molecular weight is 402 g/mol. The van der Waals surface area contributed by atoms with Gasteiger partial charge in [-0.25, -0.2) is 0 Å². The number of para-hydroxylation sites is 1. The fourth-order valence-electron chi connectivity index (χ4n) is 3.62. The first-order chi connectivity index (χ1) is 14.7. The first kappa shape index (κ1) is 19.4. The lowest BCUT2D eigenvalue weighted by Crippen LogP contribution is -2.21. The van der Waals surface area contributed by atoms with Crippen LogP contribution in [0.2, 0.25) is 0 Å². The molecule has 1 aliphatic rings. The van der Waals surface area contributed by atoms with Crippen LogP contribution >= 0.6 is 0 Å². The molecule has 0 amide bonds. The summed E-state index contributed by atoms with van der Waals surface area (Å²) >= 11 is 0. The lowest BCUT2D eigenvalue weighted by atomic mass is 9.82. The molecule has 7 heteroatoms. The van der Waals surface area contributed by atoms with Gasteiger partial charge in [-0.2, -0.15) is 5.26 Å². The van der Waals surface area contributed by atoms with Crippen LogP contribution in [0.15, 0.2) is 60.0 Å². The highest BCUT2D eigenvalue weighted by molar-refractivity contribution is 5.72. The Hall–Kier alpha value is -3.92. The van der Waals surface area contributed by atoms with Crippen LogP contribution in [0.25, 0.3) is 11.3 Å². The van der Waals surface area contributed by atoms with Gasteiger partial charge in [0.1, 0.15) is 23.1 Å².